The van der Waals surface area contributed by atoms with Crippen LogP contribution in [-0.2, 0) is 0 Å². The van der Waals surface area contributed by atoms with Crippen molar-refractivity contribution in [2.24, 2.45) is 0 Å². The number of benzene rings is 1. The van der Waals surface area contributed by atoms with E-state index in [-0.39, 0.29) is 5.91 Å². The van der Waals surface area contributed by atoms with Crippen molar-refractivity contribution in [3.05, 3.63) is 29.8 Å². The first-order chi connectivity index (χ1) is 9.45. The van der Waals surface area contributed by atoms with Crippen LogP contribution < -0.4 is 5.32 Å². The molecule has 0 heterocycles. The van der Waals surface area contributed by atoms with Gasteiger partial charge in [-0.3, -0.25) is 9.69 Å². The number of hydrogen-bond acceptors (Lipinski definition) is 3. The van der Waals surface area contributed by atoms with E-state index in [1.165, 1.54) is 4.90 Å². The third-order valence-corrected chi connectivity index (χ3v) is 4.08. The van der Waals surface area contributed by atoms with Gasteiger partial charge in [-0.05, 0) is 58.2 Å². The van der Waals surface area contributed by atoms with Crippen molar-refractivity contribution in [2.75, 3.05) is 19.3 Å². The molecule has 0 spiro atoms. The molecule has 0 aromatic heterocycles. The van der Waals surface area contributed by atoms with Gasteiger partial charge in [0.15, 0.2) is 0 Å². The van der Waals surface area contributed by atoms with Gasteiger partial charge in [0.1, 0.15) is 0 Å². The van der Waals surface area contributed by atoms with E-state index in [0.717, 1.165) is 12.1 Å². The molecule has 0 fully saturated rings. The van der Waals surface area contributed by atoms with Crippen LogP contribution >= 0.6 is 11.8 Å². The van der Waals surface area contributed by atoms with E-state index in [2.05, 4.69) is 37.9 Å². The van der Waals surface area contributed by atoms with Crippen molar-refractivity contribution >= 4 is 17.7 Å². The number of carbonyl (C=O) groups excluding carboxylic acids is 1. The first kappa shape index (κ1) is 17.1. The van der Waals surface area contributed by atoms with E-state index in [1.54, 1.807) is 11.8 Å². The molecule has 1 amide bonds. The highest BCUT2D eigenvalue weighted by Gasteiger charge is 2.13. The molecule has 1 N–H and O–H groups in total. The Kier molecular flexibility index (Phi) is 7.10. The SMILES string of the molecule is CSc1ccc(C(=O)NCCN(C(C)C)C(C)C)cc1. The lowest BCUT2D eigenvalue weighted by atomic mass is 10.2. The summed E-state index contributed by atoms with van der Waals surface area (Å²) in [6.45, 7) is 10.3. The topological polar surface area (TPSA) is 32.3 Å². The molecule has 0 aliphatic heterocycles. The van der Waals surface area contributed by atoms with Crippen LogP contribution in [0.4, 0.5) is 0 Å². The van der Waals surface area contributed by atoms with Crippen molar-refractivity contribution < 1.29 is 4.79 Å². The molecule has 3 nitrogen and oxygen atoms in total. The summed E-state index contributed by atoms with van der Waals surface area (Å²) in [5.74, 6) is 0.00474. The minimum atomic E-state index is 0.00474. The summed E-state index contributed by atoms with van der Waals surface area (Å²) >= 11 is 1.68. The van der Waals surface area contributed by atoms with Gasteiger partial charge in [-0.2, -0.15) is 0 Å². The highest BCUT2D eigenvalue weighted by atomic mass is 32.2. The second kappa shape index (κ2) is 8.32. The number of nitrogens with one attached hydrogen (secondary N) is 1. The van der Waals surface area contributed by atoms with Gasteiger partial charge in [0, 0.05) is 35.6 Å². The predicted octanol–water partition coefficient (Wildman–Crippen LogP) is 3.26. The molecule has 0 bridgehead atoms. The monoisotopic (exact) mass is 294 g/mol. The maximum Gasteiger partial charge on any atom is 0.251 e. The van der Waals surface area contributed by atoms with Crippen LogP contribution in [0.2, 0.25) is 0 Å². The minimum Gasteiger partial charge on any atom is -0.351 e. The molecule has 1 aromatic carbocycles. The summed E-state index contributed by atoms with van der Waals surface area (Å²) in [5.41, 5.74) is 0.725. The van der Waals surface area contributed by atoms with Crippen LogP contribution in [0.5, 0.6) is 0 Å². The summed E-state index contributed by atoms with van der Waals surface area (Å²) in [6.07, 6.45) is 2.03. The molecule has 112 valence electrons. The van der Waals surface area contributed by atoms with Gasteiger partial charge in [0.05, 0.1) is 0 Å². The average Bonchev–Trinajstić information content (AvgIpc) is 2.42. The van der Waals surface area contributed by atoms with Crippen LogP contribution in [0, 0.1) is 0 Å². The van der Waals surface area contributed by atoms with Crippen molar-refractivity contribution in [1.82, 2.24) is 10.2 Å². The third-order valence-electron chi connectivity index (χ3n) is 3.33. The van der Waals surface area contributed by atoms with Crippen molar-refractivity contribution in [1.29, 1.82) is 0 Å². The van der Waals surface area contributed by atoms with Gasteiger partial charge in [-0.1, -0.05) is 0 Å². The molecule has 1 aromatic rings. The van der Waals surface area contributed by atoms with Crippen LogP contribution in [-0.4, -0.2) is 42.2 Å². The zero-order chi connectivity index (χ0) is 15.1. The predicted molar refractivity (Wildman–Crippen MR) is 87.5 cm³/mol. The molecule has 1 rings (SSSR count). The maximum absolute atomic E-state index is 12.0. The highest BCUT2D eigenvalue weighted by molar-refractivity contribution is 7.98. The Labute approximate surface area is 127 Å². The summed E-state index contributed by atoms with van der Waals surface area (Å²) in [7, 11) is 0. The third kappa shape index (κ3) is 5.17. The van der Waals surface area contributed by atoms with Gasteiger partial charge < -0.3 is 5.32 Å². The van der Waals surface area contributed by atoms with Crippen LogP contribution in [0.1, 0.15) is 38.1 Å². The highest BCUT2D eigenvalue weighted by Crippen LogP contribution is 2.14. The van der Waals surface area contributed by atoms with Gasteiger partial charge >= 0.3 is 0 Å². The van der Waals surface area contributed by atoms with Gasteiger partial charge in [0.2, 0.25) is 0 Å². The Morgan fingerprint density at radius 1 is 1.15 bits per heavy atom. The Bertz CT molecular complexity index is 407. The van der Waals surface area contributed by atoms with E-state index in [1.807, 2.05) is 30.5 Å². The van der Waals surface area contributed by atoms with E-state index < -0.39 is 0 Å². The van der Waals surface area contributed by atoms with E-state index in [4.69, 9.17) is 0 Å². The van der Waals surface area contributed by atoms with E-state index in [0.29, 0.717) is 18.6 Å². The quantitative estimate of drug-likeness (QED) is 0.783. The van der Waals surface area contributed by atoms with Gasteiger partial charge in [-0.25, -0.2) is 0 Å². The van der Waals surface area contributed by atoms with Gasteiger partial charge in [-0.15, -0.1) is 11.8 Å². The molecular weight excluding hydrogens is 268 g/mol. The minimum absolute atomic E-state index is 0.00474. The molecule has 0 unspecified atom stereocenters. The molecule has 0 aliphatic rings. The number of carbonyl (C=O) groups is 1. The van der Waals surface area contributed by atoms with Crippen molar-refractivity contribution in [3.63, 3.8) is 0 Å². The number of amides is 1. The van der Waals surface area contributed by atoms with Crippen LogP contribution in [0.3, 0.4) is 0 Å². The second-order valence-corrected chi connectivity index (χ2v) is 6.29. The molecular formula is C16H26N2OS. The van der Waals surface area contributed by atoms with Crippen molar-refractivity contribution in [3.8, 4) is 0 Å². The lowest BCUT2D eigenvalue weighted by molar-refractivity contribution is 0.0939. The molecule has 0 radical (unpaired) electrons. The normalized spacial score (nSPS) is 11.4. The Morgan fingerprint density at radius 2 is 1.70 bits per heavy atom. The summed E-state index contributed by atoms with van der Waals surface area (Å²) in [6, 6.07) is 8.70. The summed E-state index contributed by atoms with van der Waals surface area (Å²) in [5, 5.41) is 2.99. The van der Waals surface area contributed by atoms with Crippen LogP contribution in [0.25, 0.3) is 0 Å². The maximum atomic E-state index is 12.0. The molecule has 0 atom stereocenters. The Hall–Kier alpha value is -1.00. The Morgan fingerprint density at radius 3 is 2.15 bits per heavy atom. The molecule has 0 saturated carbocycles. The average molecular weight is 294 g/mol. The fraction of sp³-hybridized carbons (Fsp3) is 0.562. The summed E-state index contributed by atoms with van der Waals surface area (Å²) < 4.78 is 0. The first-order valence-corrected chi connectivity index (χ1v) is 8.36. The molecule has 20 heavy (non-hydrogen) atoms. The molecule has 0 aliphatic carbocycles. The number of thioether (sulfide) groups is 1. The number of hydrogen-bond donors (Lipinski definition) is 1. The molecule has 0 saturated heterocycles. The zero-order valence-corrected chi connectivity index (χ0v) is 14.0. The fourth-order valence-corrected chi connectivity index (χ4v) is 2.66. The smallest absolute Gasteiger partial charge is 0.251 e. The fourth-order valence-electron chi connectivity index (χ4n) is 2.26. The standard InChI is InChI=1S/C16H26N2OS/c1-12(2)18(13(3)4)11-10-17-16(19)14-6-8-15(20-5)9-7-14/h6-9,12-13H,10-11H2,1-5H3,(H,17,19). The second-order valence-electron chi connectivity index (χ2n) is 5.41. The van der Waals surface area contributed by atoms with Crippen LogP contribution in [0.15, 0.2) is 29.2 Å². The Balaban J connectivity index is 2.46. The van der Waals surface area contributed by atoms with E-state index >= 15 is 0 Å². The van der Waals surface area contributed by atoms with Gasteiger partial charge in [0.25, 0.3) is 5.91 Å². The zero-order valence-electron chi connectivity index (χ0n) is 13.1. The van der Waals surface area contributed by atoms with Crippen molar-refractivity contribution in [2.45, 2.75) is 44.7 Å². The summed E-state index contributed by atoms with van der Waals surface area (Å²) in [4.78, 5) is 15.6. The lowest BCUT2D eigenvalue weighted by Crippen LogP contribution is -2.42. The number of nitrogens with zero attached hydrogens (tertiary/aromatic N) is 1. The molecule has 4 heteroatoms. The lowest BCUT2D eigenvalue weighted by Gasteiger charge is -2.30. The largest absolute Gasteiger partial charge is 0.351 e. The van der Waals surface area contributed by atoms with E-state index in [9.17, 15) is 4.79 Å². The number of rotatable bonds is 7. The first-order valence-electron chi connectivity index (χ1n) is 7.13.